The predicted octanol–water partition coefficient (Wildman–Crippen LogP) is 36.9. The highest BCUT2D eigenvalue weighted by atomic mass is 16.4. The van der Waals surface area contributed by atoms with Gasteiger partial charge in [-0.2, -0.15) is 0 Å². The summed E-state index contributed by atoms with van der Waals surface area (Å²) >= 11 is 0. The summed E-state index contributed by atoms with van der Waals surface area (Å²) in [5.74, 6) is 0. The van der Waals surface area contributed by atoms with Gasteiger partial charge in [-0.15, -0.1) is 0 Å². The minimum atomic E-state index is 0.878. The summed E-state index contributed by atoms with van der Waals surface area (Å²) in [5.41, 5.74) is 34.4. The molecule has 0 radical (unpaired) electrons. The molecule has 0 saturated heterocycles. The van der Waals surface area contributed by atoms with Gasteiger partial charge in [-0.25, -0.2) is 0 Å². The number of fused-ring (bicyclic) bond motifs is 46. The van der Waals surface area contributed by atoms with Crippen LogP contribution in [0.2, 0.25) is 0 Å². The van der Waals surface area contributed by atoms with Crippen LogP contribution in [0.25, 0.3) is 307 Å². The first-order valence-corrected chi connectivity index (χ1v) is 50.5. The number of nitrogens with zero attached hydrogens (tertiary/aromatic N) is 8. The van der Waals surface area contributed by atoms with E-state index in [-0.39, 0.29) is 0 Å². The monoisotopic (exact) mass is 1890 g/mol. The number of para-hydroxylation sites is 8. The molecule has 17 aromatic heterocycles. The summed E-state index contributed by atoms with van der Waals surface area (Å²) < 4.78 is 46.0. The van der Waals surface area contributed by atoms with Gasteiger partial charge in [-0.1, -0.05) is 303 Å². The lowest BCUT2D eigenvalue weighted by atomic mass is 9.98. The van der Waals surface area contributed by atoms with Crippen molar-refractivity contribution >= 4 is 274 Å². The highest BCUT2D eigenvalue weighted by molar-refractivity contribution is 6.31. The Bertz CT molecular complexity index is 11400. The molecule has 0 unspecified atom stereocenters. The number of rotatable bonds is 0. The molecule has 0 atom stereocenters. The molecule has 1 aliphatic heterocycles. The second-order valence-electron chi connectivity index (χ2n) is 39.4. The molecule has 37 aromatic rings. The van der Waals surface area contributed by atoms with Crippen molar-refractivity contribution in [2.75, 3.05) is 0 Å². The molecule has 0 amide bonds. The Morgan fingerprint density at radius 2 is 0.351 bits per heavy atom. The largest absolute Gasteiger partial charge is 0.451 e. The van der Waals surface area contributed by atoms with Crippen LogP contribution in [0.1, 0.15) is 0 Å². The number of hydrogen-bond acceptors (Lipinski definition) is 4. The van der Waals surface area contributed by atoms with Crippen molar-refractivity contribution in [3.05, 3.63) is 485 Å². The number of furan rings is 4. The maximum atomic E-state index is 6.91. The lowest BCUT2D eigenvalue weighted by Crippen LogP contribution is -1.96. The van der Waals surface area contributed by atoms with Crippen LogP contribution in [0.3, 0.4) is 0 Å². The van der Waals surface area contributed by atoms with E-state index in [1.54, 1.807) is 0 Å². The summed E-state index contributed by atoms with van der Waals surface area (Å²) in [7, 11) is 0. The first kappa shape index (κ1) is 80.6. The van der Waals surface area contributed by atoms with E-state index < -0.39 is 0 Å². The Labute approximate surface area is 840 Å². The molecule has 12 heteroatoms. The molecule has 28 bridgehead atoms. The summed E-state index contributed by atoms with van der Waals surface area (Å²) in [4.78, 5) is 0. The molecule has 0 N–H and O–H groups in total. The van der Waals surface area contributed by atoms with E-state index >= 15 is 0 Å². The smallest absolute Gasteiger partial charge is 0.215 e. The highest BCUT2D eigenvalue weighted by Gasteiger charge is 2.31. The number of hydrogen-bond donors (Lipinski definition) is 0. The lowest BCUT2D eigenvalue weighted by molar-refractivity contribution is 0.624. The SMILES string of the molecule is c1cc2cc(c1)-c1cccc(c1)-n1c3ccccc3c3c4c5ccccc5n(c4oc31)-c1cccc-2c1.c1cc2cc(c1)c1cccc(c1)n1c3ccccc3c3oc4c5ccccc5n(c5cccc2c5)c4c31.c1ccc2c(c1)c1c3c4ccccc4n4c5cccc(c5)c5ccc(cc5)c5cccc(c5)n2c1oc34.c1ccc2c(c1)c1oc3c4ccccc4n4c5cccc(c5)c5ccc(cc5)c5cccc(c5)n2c1c34. The van der Waals surface area contributed by atoms with Crippen molar-refractivity contribution in [3.8, 4) is 33.6 Å². The molecular weight excluding hydrogens is 1810 g/mol. The maximum Gasteiger partial charge on any atom is 0.215 e. The fourth-order valence-electron chi connectivity index (χ4n) is 24.9. The van der Waals surface area contributed by atoms with Crippen LogP contribution in [0.5, 0.6) is 0 Å². The van der Waals surface area contributed by atoms with Crippen LogP contribution >= 0.6 is 0 Å². The van der Waals surface area contributed by atoms with E-state index in [0.29, 0.717) is 0 Å². The van der Waals surface area contributed by atoms with Crippen molar-refractivity contribution < 1.29 is 17.7 Å². The average molecular weight is 1890 g/mol. The van der Waals surface area contributed by atoms with Crippen LogP contribution in [-0.4, -0.2) is 35.5 Å². The fraction of sp³-hybridized carbons (Fsp3) is 0. The zero-order valence-electron chi connectivity index (χ0n) is 79.4. The second-order valence-corrected chi connectivity index (χ2v) is 39.4. The van der Waals surface area contributed by atoms with Crippen molar-refractivity contribution in [1.29, 1.82) is 0 Å². The van der Waals surface area contributed by atoms with Crippen LogP contribution < -0.4 is 0 Å². The first-order chi connectivity index (χ1) is 73.4. The normalized spacial score (nSPS) is 12.3. The third-order valence-corrected chi connectivity index (χ3v) is 31.4. The summed E-state index contributed by atoms with van der Waals surface area (Å²) in [5, 5.41) is 28.3. The lowest BCUT2D eigenvalue weighted by Gasteiger charge is -2.13. The Morgan fingerprint density at radius 3 is 0.662 bits per heavy atom. The Morgan fingerprint density at radius 1 is 0.135 bits per heavy atom. The van der Waals surface area contributed by atoms with Gasteiger partial charge in [0, 0.05) is 87.6 Å². The van der Waals surface area contributed by atoms with Gasteiger partial charge in [0.1, 0.15) is 22.1 Å². The van der Waals surface area contributed by atoms with Gasteiger partial charge in [0.25, 0.3) is 0 Å². The zero-order chi connectivity index (χ0) is 96.3. The quantitative estimate of drug-likeness (QED) is 0.151. The summed E-state index contributed by atoms with van der Waals surface area (Å²) in [6.45, 7) is 0. The summed E-state index contributed by atoms with van der Waals surface area (Å²) in [6.07, 6.45) is 0. The standard InChI is InChI=1S/4C34H20N2O/c1-3-16-29-27(14-1)33-31-32-34(37-33)28-15-2-4-17-30(28)36(32)26-13-7-11-24(20-26)22-9-5-8-21(18-22)23-10-6-12-25(19-23)35(29)31;1-3-16-29-27(14-1)31-32-28-15-2-4-17-30(28)36-26-13-7-11-24(20-26)22-9-5-8-21(18-22)23-10-6-12-25(19-23)35(29)33(31)37-34(32)36;1-3-13-29-27(11-1)33-31-32-34(37-33)28-12-2-4-14-30(28)36(32)26-10-6-8-24(20-26)22-17-15-21(16-18-22)23-7-5-9-25(19-23)35(29)31;1-3-13-29-27(11-1)31-32-28-12-2-4-14-30(28)36-26-10-6-8-24(20-26)22-17-15-21(16-18-22)23-7-5-9-25(19-23)35(29)33(31)37-34(32)36/h4*1-20H. The maximum absolute atomic E-state index is 6.91. The Hall–Kier alpha value is -20.1. The van der Waals surface area contributed by atoms with Gasteiger partial charge in [0.15, 0.2) is 22.3 Å². The third-order valence-electron chi connectivity index (χ3n) is 31.4. The Kier molecular flexibility index (Phi) is 16.7. The van der Waals surface area contributed by atoms with Gasteiger partial charge in [-0.05, 0) is 269 Å². The van der Waals surface area contributed by atoms with Gasteiger partial charge in [-0.3, -0.25) is 17.9 Å². The minimum Gasteiger partial charge on any atom is -0.451 e. The number of aromatic nitrogens is 8. The van der Waals surface area contributed by atoms with E-state index in [2.05, 4.69) is 521 Å². The number of benzene rings is 20. The van der Waals surface area contributed by atoms with Crippen LogP contribution in [0.15, 0.2) is 503 Å². The topological polar surface area (TPSA) is 88.9 Å². The fourth-order valence-corrected chi connectivity index (χ4v) is 24.9. The molecule has 38 rings (SSSR count). The average Bonchev–Trinajstić information content (AvgIpc) is 1.54. The second kappa shape index (κ2) is 30.7. The molecule has 0 aliphatic carbocycles. The molecular formula is C136H80N8O4. The predicted molar refractivity (Wildman–Crippen MR) is 615 cm³/mol. The highest BCUT2D eigenvalue weighted by Crippen LogP contribution is 2.50. The molecule has 18 heterocycles. The molecule has 0 saturated carbocycles. The molecule has 1 aliphatic rings. The van der Waals surface area contributed by atoms with E-state index in [4.69, 9.17) is 17.7 Å². The van der Waals surface area contributed by atoms with Gasteiger partial charge >= 0.3 is 0 Å². The van der Waals surface area contributed by atoms with Crippen LogP contribution in [-0.2, 0) is 0 Å². The van der Waals surface area contributed by atoms with E-state index in [9.17, 15) is 0 Å². The van der Waals surface area contributed by atoms with Gasteiger partial charge in [0.2, 0.25) is 22.9 Å². The van der Waals surface area contributed by atoms with Crippen molar-refractivity contribution in [3.63, 3.8) is 0 Å². The zero-order valence-corrected chi connectivity index (χ0v) is 79.4. The molecule has 20 aromatic carbocycles. The third kappa shape index (κ3) is 11.6. The molecule has 12 nitrogen and oxygen atoms in total. The molecule has 0 spiro atoms. The van der Waals surface area contributed by atoms with Crippen LogP contribution in [0.4, 0.5) is 0 Å². The molecule has 0 fully saturated rings. The Balaban J connectivity index is 0.0000000859. The van der Waals surface area contributed by atoms with E-state index in [1.807, 2.05) is 0 Å². The summed E-state index contributed by atoms with van der Waals surface area (Å²) in [6, 6.07) is 175. The van der Waals surface area contributed by atoms with Crippen molar-refractivity contribution in [1.82, 2.24) is 35.5 Å². The van der Waals surface area contributed by atoms with Crippen molar-refractivity contribution in [2.45, 2.75) is 0 Å². The minimum absolute atomic E-state index is 0.878. The molecule has 688 valence electrons. The van der Waals surface area contributed by atoms with Gasteiger partial charge in [0.05, 0.1) is 65.7 Å². The molecule has 148 heavy (non-hydrogen) atoms. The van der Waals surface area contributed by atoms with Crippen molar-refractivity contribution in [2.24, 2.45) is 0 Å². The van der Waals surface area contributed by atoms with Gasteiger partial charge < -0.3 is 35.3 Å². The van der Waals surface area contributed by atoms with Crippen LogP contribution in [0, 0.1) is 0 Å². The van der Waals surface area contributed by atoms with E-state index in [1.165, 1.54) is 108 Å². The first-order valence-electron chi connectivity index (χ1n) is 50.5. The van der Waals surface area contributed by atoms with E-state index in [0.717, 1.165) is 199 Å².